The molecule has 110 valence electrons. The number of hydrogen-bond donors (Lipinski definition) is 1. The summed E-state index contributed by atoms with van der Waals surface area (Å²) >= 11 is 6.27. The highest BCUT2D eigenvalue weighted by Gasteiger charge is 2.33. The Bertz CT molecular complexity index is 538. The van der Waals surface area contributed by atoms with Crippen molar-refractivity contribution in [3.63, 3.8) is 0 Å². The van der Waals surface area contributed by atoms with Crippen molar-refractivity contribution < 1.29 is 0 Å². The minimum Gasteiger partial charge on any atom is -0.364 e. The Morgan fingerprint density at radius 3 is 2.95 bits per heavy atom. The lowest BCUT2D eigenvalue weighted by atomic mass is 9.94. The zero-order valence-corrected chi connectivity index (χ0v) is 12.6. The Kier molecular flexibility index (Phi) is 3.98. The van der Waals surface area contributed by atoms with Crippen LogP contribution in [0, 0.1) is 0 Å². The third-order valence-corrected chi connectivity index (χ3v) is 4.84. The molecule has 2 atom stereocenters. The maximum Gasteiger partial charge on any atom is 0.287 e. The molecule has 6 heteroatoms. The highest BCUT2D eigenvalue weighted by molar-refractivity contribution is 6.33. The van der Waals surface area contributed by atoms with Crippen LogP contribution in [0.15, 0.2) is 11.0 Å². The van der Waals surface area contributed by atoms with Gasteiger partial charge in [-0.1, -0.05) is 11.6 Å². The van der Waals surface area contributed by atoms with Crippen LogP contribution in [0.4, 0.5) is 5.69 Å². The number of halogens is 1. The predicted molar refractivity (Wildman–Crippen MR) is 80.5 cm³/mol. The second-order valence-corrected chi connectivity index (χ2v) is 6.11. The van der Waals surface area contributed by atoms with Gasteiger partial charge in [-0.3, -0.25) is 4.79 Å². The van der Waals surface area contributed by atoms with Crippen LogP contribution in [0.25, 0.3) is 0 Å². The van der Waals surface area contributed by atoms with Crippen molar-refractivity contribution in [2.45, 2.75) is 44.2 Å². The highest BCUT2D eigenvalue weighted by atomic mass is 35.5. The molecular formula is C14H21ClN4O. The van der Waals surface area contributed by atoms with Crippen molar-refractivity contribution in [3.05, 3.63) is 21.6 Å². The number of nitrogens with zero attached hydrogens (tertiary/aromatic N) is 3. The quantitative estimate of drug-likeness (QED) is 0.899. The molecule has 3 heterocycles. The predicted octanol–water partition coefficient (Wildman–Crippen LogP) is 1.54. The smallest absolute Gasteiger partial charge is 0.287 e. The van der Waals surface area contributed by atoms with Gasteiger partial charge in [0.05, 0.1) is 11.9 Å². The molecule has 2 saturated heterocycles. The Balaban J connectivity index is 1.93. The standard InChI is InChI=1S/C14H21ClN4O/c1-18-14(20)13(15)12(9-17-18)19-8-3-2-6-11(19)10-5-4-7-16-10/h9-11,16H,2-8H2,1H3. The van der Waals surface area contributed by atoms with Crippen LogP contribution in [0.5, 0.6) is 0 Å². The molecule has 3 rings (SSSR count). The van der Waals surface area contributed by atoms with Crippen molar-refractivity contribution >= 4 is 17.3 Å². The number of piperidine rings is 1. The summed E-state index contributed by atoms with van der Waals surface area (Å²) in [7, 11) is 1.63. The number of rotatable bonds is 2. The zero-order valence-electron chi connectivity index (χ0n) is 11.8. The van der Waals surface area contributed by atoms with E-state index in [9.17, 15) is 4.79 Å². The fourth-order valence-electron chi connectivity index (χ4n) is 3.42. The summed E-state index contributed by atoms with van der Waals surface area (Å²) in [5.41, 5.74) is 0.584. The Labute approximate surface area is 123 Å². The van der Waals surface area contributed by atoms with E-state index in [1.165, 1.54) is 23.9 Å². The van der Waals surface area contributed by atoms with Crippen LogP contribution in [-0.2, 0) is 7.05 Å². The molecule has 0 amide bonds. The summed E-state index contributed by atoms with van der Waals surface area (Å²) in [6.45, 7) is 2.05. The summed E-state index contributed by atoms with van der Waals surface area (Å²) in [6.07, 6.45) is 7.72. The minimum atomic E-state index is -0.215. The van der Waals surface area contributed by atoms with E-state index in [4.69, 9.17) is 11.6 Å². The lowest BCUT2D eigenvalue weighted by Gasteiger charge is -2.41. The van der Waals surface area contributed by atoms with Gasteiger partial charge in [0.1, 0.15) is 5.02 Å². The van der Waals surface area contributed by atoms with Gasteiger partial charge in [0.15, 0.2) is 0 Å². The number of nitrogens with one attached hydrogen (secondary N) is 1. The Morgan fingerprint density at radius 2 is 2.20 bits per heavy atom. The van der Waals surface area contributed by atoms with Gasteiger partial charge in [-0.2, -0.15) is 5.10 Å². The Morgan fingerprint density at radius 1 is 1.35 bits per heavy atom. The van der Waals surface area contributed by atoms with Gasteiger partial charge in [-0.25, -0.2) is 4.68 Å². The first-order valence-electron chi connectivity index (χ1n) is 7.40. The molecule has 5 nitrogen and oxygen atoms in total. The molecule has 0 spiro atoms. The van der Waals surface area contributed by atoms with Crippen molar-refractivity contribution in [2.24, 2.45) is 7.05 Å². The summed E-state index contributed by atoms with van der Waals surface area (Å²) < 4.78 is 1.29. The van der Waals surface area contributed by atoms with Crippen LogP contribution in [0.1, 0.15) is 32.1 Å². The SMILES string of the molecule is Cn1ncc(N2CCCCC2C2CCCN2)c(Cl)c1=O. The molecule has 2 aliphatic rings. The lowest BCUT2D eigenvalue weighted by Crippen LogP contribution is -2.51. The first-order chi connectivity index (χ1) is 9.68. The summed E-state index contributed by atoms with van der Waals surface area (Å²) in [5, 5.41) is 8.01. The summed E-state index contributed by atoms with van der Waals surface area (Å²) in [4.78, 5) is 14.3. The van der Waals surface area contributed by atoms with Gasteiger partial charge < -0.3 is 10.2 Å². The third-order valence-electron chi connectivity index (χ3n) is 4.48. The van der Waals surface area contributed by atoms with Gasteiger partial charge in [-0.15, -0.1) is 0 Å². The average Bonchev–Trinajstić information content (AvgIpc) is 2.99. The highest BCUT2D eigenvalue weighted by Crippen LogP contribution is 2.31. The Hall–Kier alpha value is -1.07. The maximum absolute atomic E-state index is 12.0. The molecular weight excluding hydrogens is 276 g/mol. The number of aromatic nitrogens is 2. The van der Waals surface area contributed by atoms with Crippen LogP contribution in [-0.4, -0.2) is 35.0 Å². The molecule has 2 unspecified atom stereocenters. The fourth-order valence-corrected chi connectivity index (χ4v) is 3.70. The molecule has 0 aromatic carbocycles. The summed E-state index contributed by atoms with van der Waals surface area (Å²) in [6, 6.07) is 0.938. The van der Waals surface area contributed by atoms with Crippen molar-refractivity contribution in [1.29, 1.82) is 0 Å². The normalized spacial score (nSPS) is 27.0. The van der Waals surface area contributed by atoms with E-state index in [0.29, 0.717) is 17.1 Å². The van der Waals surface area contributed by atoms with Crippen molar-refractivity contribution in [1.82, 2.24) is 15.1 Å². The molecule has 1 N–H and O–H groups in total. The van der Waals surface area contributed by atoms with E-state index in [0.717, 1.165) is 31.6 Å². The molecule has 0 saturated carbocycles. The van der Waals surface area contributed by atoms with Crippen LogP contribution in [0.3, 0.4) is 0 Å². The van der Waals surface area contributed by atoms with Crippen molar-refractivity contribution in [3.8, 4) is 0 Å². The summed E-state index contributed by atoms with van der Waals surface area (Å²) in [5.74, 6) is 0. The van der Waals surface area contributed by atoms with E-state index in [1.54, 1.807) is 13.2 Å². The maximum atomic E-state index is 12.0. The fraction of sp³-hybridized carbons (Fsp3) is 0.714. The first kappa shape index (κ1) is 13.9. The van der Waals surface area contributed by atoms with Crippen molar-refractivity contribution in [2.75, 3.05) is 18.0 Å². The third kappa shape index (κ3) is 2.44. The van der Waals surface area contributed by atoms with Crippen LogP contribution < -0.4 is 15.8 Å². The average molecular weight is 297 g/mol. The second kappa shape index (κ2) is 5.74. The molecule has 2 aliphatic heterocycles. The molecule has 20 heavy (non-hydrogen) atoms. The van der Waals surface area contributed by atoms with Gasteiger partial charge in [0, 0.05) is 25.7 Å². The van der Waals surface area contributed by atoms with E-state index < -0.39 is 0 Å². The largest absolute Gasteiger partial charge is 0.364 e. The molecule has 2 fully saturated rings. The monoisotopic (exact) mass is 296 g/mol. The lowest BCUT2D eigenvalue weighted by molar-refractivity contribution is 0.377. The van der Waals surface area contributed by atoms with Gasteiger partial charge >= 0.3 is 0 Å². The molecule has 0 aliphatic carbocycles. The molecule has 0 bridgehead atoms. The topological polar surface area (TPSA) is 50.2 Å². The molecule has 1 aromatic heterocycles. The minimum absolute atomic E-state index is 0.215. The molecule has 0 radical (unpaired) electrons. The number of aryl methyl sites for hydroxylation is 1. The molecule has 1 aromatic rings. The van der Waals surface area contributed by atoms with E-state index in [1.807, 2.05) is 0 Å². The van der Waals surface area contributed by atoms with E-state index in [-0.39, 0.29) is 5.56 Å². The van der Waals surface area contributed by atoms with Crippen LogP contribution in [0.2, 0.25) is 5.02 Å². The number of anilines is 1. The van der Waals surface area contributed by atoms with E-state index in [2.05, 4.69) is 15.3 Å². The van der Waals surface area contributed by atoms with E-state index >= 15 is 0 Å². The number of hydrogen-bond acceptors (Lipinski definition) is 4. The first-order valence-corrected chi connectivity index (χ1v) is 7.78. The van der Waals surface area contributed by atoms with Gasteiger partial charge in [-0.05, 0) is 38.6 Å². The van der Waals surface area contributed by atoms with Gasteiger partial charge in [0.2, 0.25) is 0 Å². The second-order valence-electron chi connectivity index (χ2n) is 5.73. The van der Waals surface area contributed by atoms with Crippen LogP contribution >= 0.6 is 11.6 Å². The van der Waals surface area contributed by atoms with Gasteiger partial charge in [0.25, 0.3) is 5.56 Å². The zero-order chi connectivity index (χ0) is 14.1.